The Morgan fingerprint density at radius 3 is 2.83 bits per heavy atom. The Hall–Kier alpha value is 0.210. The third-order valence-electron chi connectivity index (χ3n) is 3.01. The molecule has 0 bridgehead atoms. The molecule has 2 saturated heterocycles. The van der Waals surface area contributed by atoms with E-state index in [4.69, 9.17) is 21.1 Å². The van der Waals surface area contributed by atoms with E-state index >= 15 is 0 Å². The van der Waals surface area contributed by atoms with Gasteiger partial charge in [0.25, 0.3) is 0 Å². The summed E-state index contributed by atoms with van der Waals surface area (Å²) in [5.74, 6) is 0.678. The van der Waals surface area contributed by atoms with Gasteiger partial charge in [0.05, 0.1) is 12.7 Å². The highest BCUT2D eigenvalue weighted by atomic mass is 35.5. The molecule has 3 heteroatoms. The second-order valence-corrected chi connectivity index (χ2v) is 4.07. The third-order valence-corrected chi connectivity index (χ3v) is 3.54. The van der Waals surface area contributed by atoms with Crippen LogP contribution in [-0.4, -0.2) is 31.8 Å². The van der Waals surface area contributed by atoms with E-state index in [1.54, 1.807) is 0 Å². The molecule has 0 N–H and O–H groups in total. The largest absolute Gasteiger partial charge is 0.381 e. The zero-order valence-electron chi connectivity index (χ0n) is 7.22. The van der Waals surface area contributed by atoms with Gasteiger partial charge < -0.3 is 9.47 Å². The van der Waals surface area contributed by atoms with Crippen molar-refractivity contribution in [2.75, 3.05) is 25.7 Å². The van der Waals surface area contributed by atoms with Crippen LogP contribution in [0.1, 0.15) is 19.3 Å². The van der Waals surface area contributed by atoms with E-state index in [2.05, 4.69) is 0 Å². The molecule has 2 rings (SSSR count). The van der Waals surface area contributed by atoms with Crippen molar-refractivity contribution in [2.45, 2.75) is 25.4 Å². The van der Waals surface area contributed by atoms with Gasteiger partial charge in [0.2, 0.25) is 0 Å². The van der Waals surface area contributed by atoms with Crippen molar-refractivity contribution in [3.63, 3.8) is 0 Å². The van der Waals surface area contributed by atoms with E-state index in [-0.39, 0.29) is 5.41 Å². The fourth-order valence-electron chi connectivity index (χ4n) is 2.13. The van der Waals surface area contributed by atoms with Gasteiger partial charge in [-0.25, -0.2) is 0 Å². The van der Waals surface area contributed by atoms with Gasteiger partial charge in [0.1, 0.15) is 0 Å². The minimum absolute atomic E-state index is 0.137. The van der Waals surface area contributed by atoms with E-state index in [1.807, 2.05) is 0 Å². The highest BCUT2D eigenvalue weighted by Gasteiger charge is 2.43. The predicted molar refractivity (Wildman–Crippen MR) is 47.6 cm³/mol. The summed E-state index contributed by atoms with van der Waals surface area (Å²) in [7, 11) is 0. The van der Waals surface area contributed by atoms with Crippen LogP contribution >= 0.6 is 11.6 Å². The highest BCUT2D eigenvalue weighted by molar-refractivity contribution is 6.18. The smallest absolute Gasteiger partial charge is 0.0666 e. The van der Waals surface area contributed by atoms with Crippen LogP contribution in [0.4, 0.5) is 0 Å². The molecule has 2 aliphatic rings. The zero-order chi connectivity index (χ0) is 8.44. The van der Waals surface area contributed by atoms with Crippen LogP contribution in [0, 0.1) is 5.41 Å². The standard InChI is InChI=1S/C9H15ClO2/c10-6-9(3-5-11-7-9)8-2-1-4-12-8/h8H,1-7H2. The van der Waals surface area contributed by atoms with Gasteiger partial charge in [-0.15, -0.1) is 11.6 Å². The molecule has 2 fully saturated rings. The molecule has 2 unspecified atom stereocenters. The summed E-state index contributed by atoms with van der Waals surface area (Å²) in [6.45, 7) is 2.55. The maximum Gasteiger partial charge on any atom is 0.0666 e. The van der Waals surface area contributed by atoms with Gasteiger partial charge in [-0.2, -0.15) is 0 Å². The van der Waals surface area contributed by atoms with Crippen molar-refractivity contribution >= 4 is 11.6 Å². The highest BCUT2D eigenvalue weighted by Crippen LogP contribution is 2.39. The van der Waals surface area contributed by atoms with E-state index in [9.17, 15) is 0 Å². The molecule has 12 heavy (non-hydrogen) atoms. The summed E-state index contributed by atoms with van der Waals surface area (Å²) in [5, 5.41) is 0. The number of hydrogen-bond acceptors (Lipinski definition) is 2. The summed E-state index contributed by atoms with van der Waals surface area (Å²) >= 11 is 5.98. The van der Waals surface area contributed by atoms with Crippen LogP contribution in [0.5, 0.6) is 0 Å². The first-order chi connectivity index (χ1) is 5.87. The number of rotatable bonds is 2. The normalized spacial score (nSPS) is 42.2. The first kappa shape index (κ1) is 8.79. The van der Waals surface area contributed by atoms with Crippen molar-refractivity contribution < 1.29 is 9.47 Å². The Kier molecular flexibility index (Phi) is 2.58. The molecule has 0 spiro atoms. The molecule has 0 aromatic rings. The van der Waals surface area contributed by atoms with Crippen LogP contribution in [0.15, 0.2) is 0 Å². The Balaban J connectivity index is 2.04. The van der Waals surface area contributed by atoms with Gasteiger partial charge in [-0.05, 0) is 19.3 Å². The van der Waals surface area contributed by atoms with E-state index < -0.39 is 0 Å². The monoisotopic (exact) mass is 190 g/mol. The second kappa shape index (κ2) is 3.52. The molecule has 0 aliphatic carbocycles. The van der Waals surface area contributed by atoms with Crippen LogP contribution in [0.3, 0.4) is 0 Å². The van der Waals surface area contributed by atoms with E-state index in [0.717, 1.165) is 32.7 Å². The van der Waals surface area contributed by atoms with Crippen molar-refractivity contribution in [1.82, 2.24) is 0 Å². The van der Waals surface area contributed by atoms with Gasteiger partial charge in [0, 0.05) is 24.5 Å². The van der Waals surface area contributed by atoms with Gasteiger partial charge in [0.15, 0.2) is 0 Å². The molecule has 0 radical (unpaired) electrons. The number of hydrogen-bond donors (Lipinski definition) is 0. The molecule has 2 heterocycles. The lowest BCUT2D eigenvalue weighted by atomic mass is 9.82. The first-order valence-electron chi connectivity index (χ1n) is 4.63. The average Bonchev–Trinajstić information content (AvgIpc) is 2.76. The molecule has 0 aromatic heterocycles. The van der Waals surface area contributed by atoms with Crippen molar-refractivity contribution in [3.05, 3.63) is 0 Å². The van der Waals surface area contributed by atoms with Gasteiger partial charge in [-0.3, -0.25) is 0 Å². The molecule has 0 saturated carbocycles. The molecule has 70 valence electrons. The van der Waals surface area contributed by atoms with Crippen LogP contribution in [0.25, 0.3) is 0 Å². The molecule has 0 amide bonds. The fourth-order valence-corrected chi connectivity index (χ4v) is 2.51. The minimum atomic E-state index is 0.137. The Morgan fingerprint density at radius 2 is 2.33 bits per heavy atom. The van der Waals surface area contributed by atoms with Crippen molar-refractivity contribution in [1.29, 1.82) is 0 Å². The van der Waals surface area contributed by atoms with Gasteiger partial charge in [-0.1, -0.05) is 0 Å². The molecule has 0 aromatic carbocycles. The van der Waals surface area contributed by atoms with Crippen LogP contribution in [0.2, 0.25) is 0 Å². The summed E-state index contributed by atoms with van der Waals surface area (Å²) < 4.78 is 11.1. The zero-order valence-corrected chi connectivity index (χ0v) is 7.98. The number of halogens is 1. The van der Waals surface area contributed by atoms with E-state index in [1.165, 1.54) is 6.42 Å². The van der Waals surface area contributed by atoms with E-state index in [0.29, 0.717) is 12.0 Å². The Labute approximate surface area is 78.2 Å². The second-order valence-electron chi connectivity index (χ2n) is 3.80. The SMILES string of the molecule is ClCC1(C2CCCO2)CCOC1. The lowest BCUT2D eigenvalue weighted by molar-refractivity contribution is 0.00495. The maximum atomic E-state index is 5.98. The molecule has 2 nitrogen and oxygen atoms in total. The maximum absolute atomic E-state index is 5.98. The summed E-state index contributed by atoms with van der Waals surface area (Å²) in [6.07, 6.45) is 3.78. The minimum Gasteiger partial charge on any atom is -0.381 e. The average molecular weight is 191 g/mol. The number of alkyl halides is 1. The predicted octanol–water partition coefficient (Wildman–Crippen LogP) is 1.81. The van der Waals surface area contributed by atoms with Crippen molar-refractivity contribution in [3.8, 4) is 0 Å². The molecular formula is C9H15ClO2. The van der Waals surface area contributed by atoms with Gasteiger partial charge >= 0.3 is 0 Å². The third kappa shape index (κ3) is 1.36. The molecule has 2 aliphatic heterocycles. The topological polar surface area (TPSA) is 18.5 Å². The van der Waals surface area contributed by atoms with Crippen LogP contribution < -0.4 is 0 Å². The fraction of sp³-hybridized carbons (Fsp3) is 1.00. The molecular weight excluding hydrogens is 176 g/mol. The lowest BCUT2D eigenvalue weighted by Crippen LogP contribution is -2.37. The Morgan fingerprint density at radius 1 is 1.42 bits per heavy atom. The quantitative estimate of drug-likeness (QED) is 0.619. The summed E-state index contributed by atoms with van der Waals surface area (Å²) in [5.41, 5.74) is 0.137. The summed E-state index contributed by atoms with van der Waals surface area (Å²) in [6, 6.07) is 0. The first-order valence-corrected chi connectivity index (χ1v) is 5.16. The lowest BCUT2D eigenvalue weighted by Gasteiger charge is -2.30. The Bertz CT molecular complexity index is 149. The molecule has 2 atom stereocenters. The van der Waals surface area contributed by atoms with Crippen LogP contribution in [-0.2, 0) is 9.47 Å². The number of ether oxygens (including phenoxy) is 2. The van der Waals surface area contributed by atoms with Crippen molar-refractivity contribution in [2.24, 2.45) is 5.41 Å². The summed E-state index contributed by atoms with van der Waals surface area (Å²) in [4.78, 5) is 0.